The smallest absolute Gasteiger partial charge is 0.261 e. The first-order chi connectivity index (χ1) is 11.8. The highest BCUT2D eigenvalue weighted by Gasteiger charge is 2.12. The van der Waals surface area contributed by atoms with Gasteiger partial charge in [0.25, 0.3) is 5.56 Å². The molecule has 0 saturated carbocycles. The molecular formula is C16H9Cl4N3O2. The van der Waals surface area contributed by atoms with Crippen molar-refractivity contribution >= 4 is 68.9 Å². The molecule has 25 heavy (non-hydrogen) atoms. The van der Waals surface area contributed by atoms with Crippen LogP contribution in [0.3, 0.4) is 0 Å². The van der Waals surface area contributed by atoms with Crippen LogP contribution >= 0.6 is 46.4 Å². The molecule has 0 unspecified atom stereocenters. The number of aromatic nitrogens is 2. The first-order valence-corrected chi connectivity index (χ1v) is 8.45. The normalized spacial score (nSPS) is 10.9. The highest BCUT2D eigenvalue weighted by Crippen LogP contribution is 2.26. The second kappa shape index (κ2) is 7.22. The Bertz CT molecular complexity index is 1050. The standard InChI is InChI=1S/C16H9Cl4N3O2/c17-8-1-2-11(19)13(5-8)22-14(24)6-23-7-21-15-10(16(23)25)3-9(18)4-12(15)20/h1-5,7H,6H2,(H,22,24). The molecular weight excluding hydrogens is 408 g/mol. The second-order valence-corrected chi connectivity index (χ2v) is 6.82. The Hall–Kier alpha value is -1.79. The van der Waals surface area contributed by atoms with Gasteiger partial charge in [0.2, 0.25) is 5.91 Å². The number of fused-ring (bicyclic) bond motifs is 1. The van der Waals surface area contributed by atoms with Crippen LogP contribution in [0.25, 0.3) is 10.9 Å². The lowest BCUT2D eigenvalue weighted by Crippen LogP contribution is -2.28. The van der Waals surface area contributed by atoms with E-state index in [1.807, 2.05) is 0 Å². The zero-order chi connectivity index (χ0) is 18.1. The molecule has 128 valence electrons. The van der Waals surface area contributed by atoms with E-state index in [1.165, 1.54) is 24.5 Å². The average Bonchev–Trinajstić information content (AvgIpc) is 2.54. The number of halogens is 4. The third kappa shape index (κ3) is 3.90. The molecule has 2 aromatic carbocycles. The topological polar surface area (TPSA) is 64.0 Å². The lowest BCUT2D eigenvalue weighted by atomic mass is 10.2. The average molecular weight is 417 g/mol. The van der Waals surface area contributed by atoms with E-state index in [-0.39, 0.29) is 17.0 Å². The van der Waals surface area contributed by atoms with Crippen LogP contribution in [0, 0.1) is 0 Å². The van der Waals surface area contributed by atoms with Gasteiger partial charge in [-0.05, 0) is 30.3 Å². The Labute approximate surface area is 162 Å². The first-order valence-electron chi connectivity index (χ1n) is 6.94. The van der Waals surface area contributed by atoms with E-state index in [2.05, 4.69) is 10.3 Å². The maximum absolute atomic E-state index is 12.5. The van der Waals surface area contributed by atoms with Gasteiger partial charge in [0, 0.05) is 10.0 Å². The van der Waals surface area contributed by atoms with Crippen molar-refractivity contribution in [1.82, 2.24) is 9.55 Å². The van der Waals surface area contributed by atoms with Crippen molar-refractivity contribution in [2.75, 3.05) is 5.32 Å². The molecule has 1 amide bonds. The van der Waals surface area contributed by atoms with Crippen LogP contribution in [0.1, 0.15) is 0 Å². The van der Waals surface area contributed by atoms with Gasteiger partial charge in [0.1, 0.15) is 6.54 Å². The van der Waals surface area contributed by atoms with Crippen LogP contribution in [0.2, 0.25) is 20.1 Å². The summed E-state index contributed by atoms with van der Waals surface area (Å²) in [7, 11) is 0. The fourth-order valence-corrected chi connectivity index (χ4v) is 3.12. The van der Waals surface area contributed by atoms with Gasteiger partial charge < -0.3 is 5.32 Å². The maximum Gasteiger partial charge on any atom is 0.261 e. The summed E-state index contributed by atoms with van der Waals surface area (Å²) in [4.78, 5) is 28.9. The van der Waals surface area contributed by atoms with E-state index >= 15 is 0 Å². The Morgan fingerprint density at radius 1 is 1.04 bits per heavy atom. The summed E-state index contributed by atoms with van der Waals surface area (Å²) >= 11 is 23.8. The third-order valence-electron chi connectivity index (χ3n) is 3.36. The Balaban J connectivity index is 1.90. The fraction of sp³-hybridized carbons (Fsp3) is 0.0625. The minimum Gasteiger partial charge on any atom is -0.323 e. The number of hydrogen-bond donors (Lipinski definition) is 1. The van der Waals surface area contributed by atoms with Crippen LogP contribution in [-0.2, 0) is 11.3 Å². The summed E-state index contributed by atoms with van der Waals surface area (Å²) < 4.78 is 1.16. The maximum atomic E-state index is 12.5. The molecule has 1 heterocycles. The van der Waals surface area contributed by atoms with E-state index in [1.54, 1.807) is 12.1 Å². The molecule has 5 nitrogen and oxygen atoms in total. The summed E-state index contributed by atoms with van der Waals surface area (Å²) in [5, 5.41) is 4.17. The van der Waals surface area contributed by atoms with Crippen molar-refractivity contribution < 1.29 is 4.79 Å². The lowest BCUT2D eigenvalue weighted by molar-refractivity contribution is -0.116. The minimum absolute atomic E-state index is 0.230. The van der Waals surface area contributed by atoms with Gasteiger partial charge in [-0.25, -0.2) is 4.98 Å². The van der Waals surface area contributed by atoms with Crippen molar-refractivity contribution in [3.63, 3.8) is 0 Å². The number of nitrogens with one attached hydrogen (secondary N) is 1. The van der Waals surface area contributed by atoms with Gasteiger partial charge in [-0.3, -0.25) is 14.2 Å². The van der Waals surface area contributed by atoms with Crippen LogP contribution in [0.4, 0.5) is 5.69 Å². The zero-order valence-corrected chi connectivity index (χ0v) is 15.4. The molecule has 0 spiro atoms. The first kappa shape index (κ1) is 18.0. The third-order valence-corrected chi connectivity index (χ3v) is 4.43. The van der Waals surface area contributed by atoms with Crippen molar-refractivity contribution in [3.05, 3.63) is 67.1 Å². The fourth-order valence-electron chi connectivity index (χ4n) is 2.25. The van der Waals surface area contributed by atoms with Crippen LogP contribution in [0.15, 0.2) is 41.5 Å². The minimum atomic E-state index is -0.458. The molecule has 0 aliphatic rings. The van der Waals surface area contributed by atoms with E-state index in [4.69, 9.17) is 46.4 Å². The van der Waals surface area contributed by atoms with Gasteiger partial charge in [-0.2, -0.15) is 0 Å². The van der Waals surface area contributed by atoms with Crippen molar-refractivity contribution in [2.45, 2.75) is 6.54 Å². The molecule has 1 N–H and O–H groups in total. The van der Waals surface area contributed by atoms with Gasteiger partial charge in [-0.15, -0.1) is 0 Å². The van der Waals surface area contributed by atoms with E-state index < -0.39 is 11.5 Å². The number of carbonyl (C=O) groups is 1. The molecule has 3 rings (SSSR count). The van der Waals surface area contributed by atoms with Gasteiger partial charge in [-0.1, -0.05) is 46.4 Å². The predicted molar refractivity (Wildman–Crippen MR) is 101 cm³/mol. The Morgan fingerprint density at radius 2 is 1.80 bits per heavy atom. The van der Waals surface area contributed by atoms with E-state index in [9.17, 15) is 9.59 Å². The summed E-state index contributed by atoms with van der Waals surface area (Å²) in [6.45, 7) is -0.255. The molecule has 1 aromatic heterocycles. The molecule has 0 saturated heterocycles. The Kier molecular flexibility index (Phi) is 5.20. The highest BCUT2D eigenvalue weighted by atomic mass is 35.5. The molecule has 0 bridgehead atoms. The molecule has 0 fully saturated rings. The largest absolute Gasteiger partial charge is 0.323 e. The summed E-state index contributed by atoms with van der Waals surface area (Å²) in [6, 6.07) is 7.64. The summed E-state index contributed by atoms with van der Waals surface area (Å²) in [5.74, 6) is -0.458. The predicted octanol–water partition coefficient (Wildman–Crippen LogP) is 4.65. The molecule has 0 aliphatic carbocycles. The number of carbonyl (C=O) groups excluding carboxylic acids is 1. The quantitative estimate of drug-likeness (QED) is 0.675. The summed E-state index contributed by atoms with van der Waals surface area (Å²) in [5.41, 5.74) is 0.249. The monoisotopic (exact) mass is 415 g/mol. The second-order valence-electron chi connectivity index (χ2n) is 5.13. The number of rotatable bonds is 3. The van der Waals surface area contributed by atoms with Gasteiger partial charge >= 0.3 is 0 Å². The van der Waals surface area contributed by atoms with Gasteiger partial charge in [0.05, 0.1) is 33.0 Å². The highest BCUT2D eigenvalue weighted by molar-refractivity contribution is 6.38. The van der Waals surface area contributed by atoms with Crippen LogP contribution in [0.5, 0.6) is 0 Å². The Morgan fingerprint density at radius 3 is 2.56 bits per heavy atom. The number of nitrogens with zero attached hydrogens (tertiary/aromatic N) is 2. The molecule has 0 radical (unpaired) electrons. The van der Waals surface area contributed by atoms with Crippen molar-refractivity contribution in [3.8, 4) is 0 Å². The molecule has 3 aromatic rings. The van der Waals surface area contributed by atoms with Crippen molar-refractivity contribution in [1.29, 1.82) is 0 Å². The number of amides is 1. The van der Waals surface area contributed by atoms with Crippen molar-refractivity contribution in [2.24, 2.45) is 0 Å². The summed E-state index contributed by atoms with van der Waals surface area (Å²) in [6.07, 6.45) is 1.25. The van der Waals surface area contributed by atoms with E-state index in [0.717, 1.165) is 4.57 Å². The van der Waals surface area contributed by atoms with E-state index in [0.29, 0.717) is 26.3 Å². The lowest BCUT2D eigenvalue weighted by Gasteiger charge is -2.10. The molecule has 0 atom stereocenters. The zero-order valence-electron chi connectivity index (χ0n) is 12.4. The number of benzene rings is 2. The SMILES string of the molecule is O=C(Cn1cnc2c(Cl)cc(Cl)cc2c1=O)Nc1cc(Cl)ccc1Cl. The molecule has 9 heteroatoms. The van der Waals surface area contributed by atoms with Crippen LogP contribution < -0.4 is 10.9 Å². The molecule has 0 aliphatic heterocycles. The van der Waals surface area contributed by atoms with Gasteiger partial charge in [0.15, 0.2) is 0 Å². The van der Waals surface area contributed by atoms with Crippen LogP contribution in [-0.4, -0.2) is 15.5 Å². The number of hydrogen-bond acceptors (Lipinski definition) is 3. The number of anilines is 1.